The zero-order valence-corrected chi connectivity index (χ0v) is 11.1. The van der Waals surface area contributed by atoms with Gasteiger partial charge in [-0.3, -0.25) is 9.69 Å². The lowest BCUT2D eigenvalue weighted by atomic mass is 10.2. The second kappa shape index (κ2) is 6.22. The van der Waals surface area contributed by atoms with E-state index < -0.39 is 12.7 Å². The van der Waals surface area contributed by atoms with Gasteiger partial charge in [0.25, 0.3) is 5.91 Å². The minimum atomic E-state index is -4.22. The van der Waals surface area contributed by atoms with Crippen LogP contribution in [0.25, 0.3) is 0 Å². The third-order valence-corrected chi connectivity index (χ3v) is 3.09. The number of nitrogens with one attached hydrogen (secondary N) is 1. The molecule has 2 rings (SSSR count). The Morgan fingerprint density at radius 3 is 2.38 bits per heavy atom. The molecule has 1 amide bonds. The molecule has 1 fully saturated rings. The van der Waals surface area contributed by atoms with E-state index in [2.05, 4.69) is 15.6 Å². The predicted molar refractivity (Wildman–Crippen MR) is 68.2 cm³/mol. The number of carbonyl (C=O) groups is 1. The number of nitrogens with zero attached hydrogens (tertiary/aromatic N) is 4. The predicted octanol–water partition coefficient (Wildman–Crippen LogP) is 0.0823. The van der Waals surface area contributed by atoms with Crippen LogP contribution in [0.15, 0.2) is 12.1 Å². The third kappa shape index (κ3) is 4.26. The highest BCUT2D eigenvalue weighted by Gasteiger charge is 2.33. The number of hydrazine groups is 1. The Hall–Kier alpha value is -1.94. The molecule has 116 valence electrons. The van der Waals surface area contributed by atoms with Gasteiger partial charge in [-0.1, -0.05) is 0 Å². The number of piperazine rings is 1. The lowest BCUT2D eigenvalue weighted by Crippen LogP contribution is -2.51. The summed E-state index contributed by atoms with van der Waals surface area (Å²) in [5.41, 5.74) is 2.43. The van der Waals surface area contributed by atoms with Crippen LogP contribution in [-0.4, -0.2) is 64.8 Å². The van der Waals surface area contributed by atoms with Crippen molar-refractivity contribution in [1.29, 1.82) is 0 Å². The first-order valence-corrected chi connectivity index (χ1v) is 6.28. The minimum absolute atomic E-state index is 0.137. The summed E-state index contributed by atoms with van der Waals surface area (Å²) in [5, 5.41) is 7.41. The van der Waals surface area contributed by atoms with Gasteiger partial charge in [-0.05, 0) is 12.1 Å². The number of nitrogen functional groups attached to an aromatic ring is 1. The van der Waals surface area contributed by atoms with E-state index in [0.717, 1.165) is 0 Å². The SMILES string of the molecule is NNc1ccc(C(=O)N2CCN(CC(F)(F)F)CC2)nn1. The molecule has 1 aromatic rings. The van der Waals surface area contributed by atoms with E-state index in [-0.39, 0.29) is 37.8 Å². The number of aromatic nitrogens is 2. The molecule has 0 spiro atoms. The van der Waals surface area contributed by atoms with Crippen LogP contribution in [0.4, 0.5) is 19.0 Å². The first-order chi connectivity index (χ1) is 9.89. The Bertz CT molecular complexity index is 484. The van der Waals surface area contributed by atoms with E-state index in [4.69, 9.17) is 5.84 Å². The number of carbonyl (C=O) groups excluding carboxylic acids is 1. The number of halogens is 3. The lowest BCUT2D eigenvalue weighted by molar-refractivity contribution is -0.148. The number of hydrogen-bond acceptors (Lipinski definition) is 6. The smallest absolute Gasteiger partial charge is 0.335 e. The fraction of sp³-hybridized carbons (Fsp3) is 0.545. The molecule has 0 atom stereocenters. The van der Waals surface area contributed by atoms with Crippen molar-refractivity contribution >= 4 is 11.7 Å². The molecule has 1 saturated heterocycles. The molecule has 1 aromatic heterocycles. The van der Waals surface area contributed by atoms with Crippen molar-refractivity contribution in [3.8, 4) is 0 Å². The number of rotatable bonds is 3. The zero-order valence-electron chi connectivity index (χ0n) is 11.1. The Kier molecular flexibility index (Phi) is 4.58. The van der Waals surface area contributed by atoms with Crippen LogP contribution in [0.2, 0.25) is 0 Å². The van der Waals surface area contributed by atoms with Crippen LogP contribution in [0.3, 0.4) is 0 Å². The van der Waals surface area contributed by atoms with Crippen molar-refractivity contribution in [2.24, 2.45) is 5.84 Å². The van der Waals surface area contributed by atoms with E-state index in [9.17, 15) is 18.0 Å². The molecular weight excluding hydrogens is 289 g/mol. The number of amides is 1. The highest BCUT2D eigenvalue weighted by Crippen LogP contribution is 2.18. The standard InChI is InChI=1S/C11H15F3N6O/c12-11(13,14)7-19-3-5-20(6-4-19)10(21)8-1-2-9(16-15)18-17-8/h1-2H,3-7,15H2,(H,16,18). The molecule has 0 bridgehead atoms. The Morgan fingerprint density at radius 1 is 1.24 bits per heavy atom. The van der Waals surface area contributed by atoms with E-state index in [1.165, 1.54) is 21.9 Å². The van der Waals surface area contributed by atoms with Crippen LogP contribution >= 0.6 is 0 Å². The molecule has 0 aromatic carbocycles. The Balaban J connectivity index is 1.90. The second-order valence-corrected chi connectivity index (χ2v) is 4.63. The van der Waals surface area contributed by atoms with Crippen LogP contribution in [0, 0.1) is 0 Å². The summed E-state index contributed by atoms with van der Waals surface area (Å²) < 4.78 is 36.8. The summed E-state index contributed by atoms with van der Waals surface area (Å²) in [6, 6.07) is 2.97. The van der Waals surface area contributed by atoms with E-state index in [1.807, 2.05) is 0 Å². The van der Waals surface area contributed by atoms with Gasteiger partial charge in [0.05, 0.1) is 6.54 Å². The number of anilines is 1. The molecule has 1 aliphatic rings. The van der Waals surface area contributed by atoms with Gasteiger partial charge < -0.3 is 10.3 Å². The van der Waals surface area contributed by atoms with Crippen LogP contribution in [0.5, 0.6) is 0 Å². The molecule has 2 heterocycles. The molecular formula is C11H15F3N6O. The van der Waals surface area contributed by atoms with Crippen molar-refractivity contribution in [2.45, 2.75) is 6.18 Å². The van der Waals surface area contributed by atoms with Crippen LogP contribution < -0.4 is 11.3 Å². The highest BCUT2D eigenvalue weighted by atomic mass is 19.4. The molecule has 21 heavy (non-hydrogen) atoms. The second-order valence-electron chi connectivity index (χ2n) is 4.63. The monoisotopic (exact) mass is 304 g/mol. The maximum absolute atomic E-state index is 12.3. The average Bonchev–Trinajstić information content (AvgIpc) is 2.46. The Morgan fingerprint density at radius 2 is 1.90 bits per heavy atom. The van der Waals surface area contributed by atoms with Gasteiger partial charge in [0.2, 0.25) is 0 Å². The van der Waals surface area contributed by atoms with E-state index in [0.29, 0.717) is 5.82 Å². The van der Waals surface area contributed by atoms with Gasteiger partial charge in [0.15, 0.2) is 11.5 Å². The van der Waals surface area contributed by atoms with E-state index >= 15 is 0 Å². The quantitative estimate of drug-likeness (QED) is 0.607. The summed E-state index contributed by atoms with van der Waals surface area (Å²) in [4.78, 5) is 14.9. The molecule has 7 nitrogen and oxygen atoms in total. The summed E-state index contributed by atoms with van der Waals surface area (Å²) in [6.45, 7) is -0.130. The molecule has 0 aliphatic carbocycles. The molecule has 3 N–H and O–H groups in total. The molecule has 10 heteroatoms. The number of nitrogens with two attached hydrogens (primary N) is 1. The minimum Gasteiger partial charge on any atom is -0.335 e. The maximum Gasteiger partial charge on any atom is 0.401 e. The van der Waals surface area contributed by atoms with Gasteiger partial charge in [0.1, 0.15) is 0 Å². The van der Waals surface area contributed by atoms with Crippen molar-refractivity contribution in [2.75, 3.05) is 38.1 Å². The number of alkyl halides is 3. The van der Waals surface area contributed by atoms with Gasteiger partial charge in [0, 0.05) is 26.2 Å². The normalized spacial score (nSPS) is 16.9. The Labute approximate surface area is 118 Å². The maximum atomic E-state index is 12.3. The first kappa shape index (κ1) is 15.4. The molecule has 0 unspecified atom stereocenters. The van der Waals surface area contributed by atoms with Gasteiger partial charge in [-0.25, -0.2) is 5.84 Å². The molecule has 1 aliphatic heterocycles. The number of hydrogen-bond donors (Lipinski definition) is 2. The van der Waals surface area contributed by atoms with E-state index in [1.54, 1.807) is 0 Å². The fourth-order valence-corrected chi connectivity index (χ4v) is 2.05. The highest BCUT2D eigenvalue weighted by molar-refractivity contribution is 5.92. The zero-order chi connectivity index (χ0) is 15.5. The fourth-order valence-electron chi connectivity index (χ4n) is 2.05. The van der Waals surface area contributed by atoms with Gasteiger partial charge in [-0.15, -0.1) is 10.2 Å². The topological polar surface area (TPSA) is 87.4 Å². The largest absolute Gasteiger partial charge is 0.401 e. The summed E-state index contributed by atoms with van der Waals surface area (Å²) in [7, 11) is 0. The molecule has 0 radical (unpaired) electrons. The average molecular weight is 304 g/mol. The van der Waals surface area contributed by atoms with Crippen LogP contribution in [0.1, 0.15) is 10.5 Å². The van der Waals surface area contributed by atoms with Gasteiger partial charge >= 0.3 is 6.18 Å². The van der Waals surface area contributed by atoms with Gasteiger partial charge in [-0.2, -0.15) is 13.2 Å². The van der Waals surface area contributed by atoms with Crippen molar-refractivity contribution in [1.82, 2.24) is 20.0 Å². The van der Waals surface area contributed by atoms with Crippen LogP contribution in [-0.2, 0) is 0 Å². The first-order valence-electron chi connectivity index (χ1n) is 6.28. The van der Waals surface area contributed by atoms with Crippen molar-refractivity contribution in [3.63, 3.8) is 0 Å². The summed E-state index contributed by atoms with van der Waals surface area (Å²) in [5.74, 6) is 5.11. The van der Waals surface area contributed by atoms with Crippen molar-refractivity contribution in [3.05, 3.63) is 17.8 Å². The summed E-state index contributed by atoms with van der Waals surface area (Å²) >= 11 is 0. The molecule has 0 saturated carbocycles. The lowest BCUT2D eigenvalue weighted by Gasteiger charge is -2.34. The third-order valence-electron chi connectivity index (χ3n) is 3.09. The summed E-state index contributed by atoms with van der Waals surface area (Å²) in [6.07, 6.45) is -4.22. The van der Waals surface area contributed by atoms with Crippen molar-refractivity contribution < 1.29 is 18.0 Å².